The zero-order valence-electron chi connectivity index (χ0n) is 14.3. The fourth-order valence-electron chi connectivity index (χ4n) is 3.84. The van der Waals surface area contributed by atoms with Crippen molar-refractivity contribution >= 4 is 23.3 Å². The molecule has 1 saturated heterocycles. The Balaban J connectivity index is 1.42. The molecule has 1 aliphatic heterocycles. The van der Waals surface area contributed by atoms with E-state index in [9.17, 15) is 9.59 Å². The third-order valence-electron chi connectivity index (χ3n) is 5.12. The number of nitrogens with zero attached hydrogens (tertiary/aromatic N) is 3. The van der Waals surface area contributed by atoms with Gasteiger partial charge in [-0.1, -0.05) is 18.2 Å². The van der Waals surface area contributed by atoms with E-state index in [-0.39, 0.29) is 18.3 Å². The van der Waals surface area contributed by atoms with E-state index in [1.165, 1.54) is 9.78 Å². The zero-order valence-corrected chi connectivity index (χ0v) is 15.2. The van der Waals surface area contributed by atoms with Gasteiger partial charge in [0, 0.05) is 16.0 Å². The summed E-state index contributed by atoms with van der Waals surface area (Å²) < 4.78 is 5.66. The fourth-order valence-corrected chi connectivity index (χ4v) is 4.83. The smallest absolute Gasteiger partial charge is 0.325 e. The Morgan fingerprint density at radius 2 is 2.04 bits per heavy atom. The Morgan fingerprint density at radius 3 is 2.89 bits per heavy atom. The van der Waals surface area contributed by atoms with Crippen LogP contribution in [0.5, 0.6) is 0 Å². The average molecular weight is 380 g/mol. The quantitative estimate of drug-likeness (QED) is 0.706. The van der Waals surface area contributed by atoms with Gasteiger partial charge in [0.1, 0.15) is 12.1 Å². The first-order chi connectivity index (χ1) is 13.2. The van der Waals surface area contributed by atoms with Crippen molar-refractivity contribution in [2.45, 2.75) is 31.3 Å². The van der Waals surface area contributed by atoms with Crippen LogP contribution in [-0.2, 0) is 23.3 Å². The average Bonchev–Trinajstić information content (AvgIpc) is 3.40. The van der Waals surface area contributed by atoms with Crippen LogP contribution in [0, 0.1) is 0 Å². The van der Waals surface area contributed by atoms with Gasteiger partial charge in [-0.25, -0.2) is 4.79 Å². The molecule has 2 aliphatic rings. The zero-order chi connectivity index (χ0) is 18.4. The van der Waals surface area contributed by atoms with Crippen molar-refractivity contribution in [3.8, 4) is 11.5 Å². The maximum absolute atomic E-state index is 13.2. The van der Waals surface area contributed by atoms with Gasteiger partial charge >= 0.3 is 6.03 Å². The van der Waals surface area contributed by atoms with Crippen molar-refractivity contribution < 1.29 is 14.0 Å². The van der Waals surface area contributed by atoms with Gasteiger partial charge in [-0.15, -0.1) is 21.5 Å². The number of aryl methyl sites for hydroxylation is 1. The molecule has 1 atom stereocenters. The Bertz CT molecular complexity index is 1030. The molecule has 1 aromatic carbocycles. The molecular weight excluding hydrogens is 364 g/mol. The SMILES string of the molecule is O=C1N[C@]2(CCCc3sccc32)C(=O)N1Cc1nnc(-c2ccccc2)o1. The van der Waals surface area contributed by atoms with Gasteiger partial charge in [-0.05, 0) is 42.8 Å². The molecule has 0 radical (unpaired) electrons. The normalized spacial score (nSPS) is 21.6. The number of carbonyl (C=O) groups excluding carboxylic acids is 2. The van der Waals surface area contributed by atoms with Crippen LogP contribution in [0.3, 0.4) is 0 Å². The number of urea groups is 1. The molecule has 3 heterocycles. The third-order valence-corrected chi connectivity index (χ3v) is 6.10. The lowest BCUT2D eigenvalue weighted by molar-refractivity contribution is -0.132. The monoisotopic (exact) mass is 380 g/mol. The van der Waals surface area contributed by atoms with Crippen molar-refractivity contribution in [3.63, 3.8) is 0 Å². The molecule has 1 N–H and O–H groups in total. The van der Waals surface area contributed by atoms with Crippen LogP contribution >= 0.6 is 11.3 Å². The highest BCUT2D eigenvalue weighted by molar-refractivity contribution is 7.10. The van der Waals surface area contributed by atoms with Crippen LogP contribution in [0.15, 0.2) is 46.2 Å². The Kier molecular flexibility index (Phi) is 3.61. The van der Waals surface area contributed by atoms with Gasteiger partial charge in [0.25, 0.3) is 5.91 Å². The standard InChI is InChI=1S/C19H16N4O3S/c24-17-19(9-4-7-14-13(19)8-10-27-14)20-18(25)23(17)11-15-21-22-16(26-15)12-5-2-1-3-6-12/h1-3,5-6,8,10H,4,7,9,11H2,(H,20,25)/t19-/m0/s1. The van der Waals surface area contributed by atoms with Gasteiger partial charge < -0.3 is 9.73 Å². The highest BCUT2D eigenvalue weighted by Gasteiger charge is 2.54. The van der Waals surface area contributed by atoms with Gasteiger partial charge in [0.05, 0.1) is 0 Å². The summed E-state index contributed by atoms with van der Waals surface area (Å²) in [5.74, 6) is 0.354. The molecule has 1 aliphatic carbocycles. The Labute approximate surface area is 159 Å². The molecule has 3 aromatic rings. The third kappa shape index (κ3) is 2.48. The second kappa shape index (κ2) is 6.02. The van der Waals surface area contributed by atoms with Gasteiger partial charge in [0.15, 0.2) is 0 Å². The van der Waals surface area contributed by atoms with Crippen LogP contribution in [0.2, 0.25) is 0 Å². The van der Waals surface area contributed by atoms with E-state index in [0.29, 0.717) is 12.3 Å². The minimum Gasteiger partial charge on any atom is -0.419 e. The van der Waals surface area contributed by atoms with E-state index in [2.05, 4.69) is 15.5 Å². The summed E-state index contributed by atoms with van der Waals surface area (Å²) in [4.78, 5) is 28.1. The maximum Gasteiger partial charge on any atom is 0.325 e. The highest BCUT2D eigenvalue weighted by atomic mass is 32.1. The maximum atomic E-state index is 13.2. The van der Waals surface area contributed by atoms with Crippen LogP contribution in [0.1, 0.15) is 29.2 Å². The molecule has 2 aromatic heterocycles. The summed E-state index contributed by atoms with van der Waals surface area (Å²) in [7, 11) is 0. The minimum atomic E-state index is -0.951. The second-order valence-corrected chi connectivity index (χ2v) is 7.71. The predicted octanol–water partition coefficient (Wildman–Crippen LogP) is 3.08. The molecular formula is C19H16N4O3S. The molecule has 0 bridgehead atoms. The summed E-state index contributed by atoms with van der Waals surface area (Å²) in [6.07, 6.45) is 2.42. The highest BCUT2D eigenvalue weighted by Crippen LogP contribution is 2.42. The molecule has 7 nitrogen and oxygen atoms in total. The topological polar surface area (TPSA) is 88.3 Å². The number of carbonyl (C=O) groups is 2. The van der Waals surface area contributed by atoms with Crippen molar-refractivity contribution in [2.24, 2.45) is 0 Å². The van der Waals surface area contributed by atoms with Crippen LogP contribution in [0.25, 0.3) is 11.5 Å². The van der Waals surface area contributed by atoms with E-state index >= 15 is 0 Å². The van der Waals surface area contributed by atoms with E-state index in [1.807, 2.05) is 41.8 Å². The minimum absolute atomic E-state index is 0.0360. The van der Waals surface area contributed by atoms with E-state index < -0.39 is 11.6 Å². The van der Waals surface area contributed by atoms with E-state index in [4.69, 9.17) is 4.42 Å². The first-order valence-electron chi connectivity index (χ1n) is 8.76. The number of amides is 3. The lowest BCUT2D eigenvalue weighted by atomic mass is 9.80. The Hall–Kier alpha value is -3.00. The lowest BCUT2D eigenvalue weighted by Gasteiger charge is -2.31. The van der Waals surface area contributed by atoms with Gasteiger partial charge in [-0.3, -0.25) is 9.69 Å². The van der Waals surface area contributed by atoms with Crippen molar-refractivity contribution in [1.82, 2.24) is 20.4 Å². The molecule has 1 spiro atoms. The van der Waals surface area contributed by atoms with Crippen LogP contribution < -0.4 is 5.32 Å². The molecule has 0 unspecified atom stereocenters. The van der Waals surface area contributed by atoms with E-state index in [1.54, 1.807) is 11.3 Å². The fraction of sp³-hybridized carbons (Fsp3) is 0.263. The molecule has 1 fully saturated rings. The number of thiophene rings is 1. The number of benzene rings is 1. The van der Waals surface area contributed by atoms with Crippen molar-refractivity contribution in [1.29, 1.82) is 0 Å². The van der Waals surface area contributed by atoms with Crippen LogP contribution in [-0.4, -0.2) is 27.0 Å². The summed E-state index contributed by atoms with van der Waals surface area (Å²) in [6, 6.07) is 10.9. The van der Waals surface area contributed by atoms with Gasteiger partial charge in [-0.2, -0.15) is 0 Å². The largest absolute Gasteiger partial charge is 0.419 e. The summed E-state index contributed by atoms with van der Waals surface area (Å²) in [5, 5.41) is 12.9. The number of imide groups is 1. The summed E-state index contributed by atoms with van der Waals surface area (Å²) >= 11 is 1.63. The number of rotatable bonds is 3. The molecule has 5 rings (SSSR count). The van der Waals surface area contributed by atoms with Crippen molar-refractivity contribution in [2.75, 3.05) is 0 Å². The number of hydrogen-bond donors (Lipinski definition) is 1. The first kappa shape index (κ1) is 16.2. The lowest BCUT2D eigenvalue weighted by Crippen LogP contribution is -2.46. The molecule has 136 valence electrons. The molecule has 27 heavy (non-hydrogen) atoms. The predicted molar refractivity (Wildman–Crippen MR) is 97.8 cm³/mol. The summed E-state index contributed by atoms with van der Waals surface area (Å²) in [5.41, 5.74) is 0.766. The van der Waals surface area contributed by atoms with Gasteiger partial charge in [0.2, 0.25) is 11.8 Å². The Morgan fingerprint density at radius 1 is 1.19 bits per heavy atom. The number of aromatic nitrogens is 2. The van der Waals surface area contributed by atoms with Crippen LogP contribution in [0.4, 0.5) is 4.79 Å². The molecule has 8 heteroatoms. The van der Waals surface area contributed by atoms with Crippen molar-refractivity contribution in [3.05, 3.63) is 58.1 Å². The first-order valence-corrected chi connectivity index (χ1v) is 9.64. The molecule has 0 saturated carbocycles. The number of fused-ring (bicyclic) bond motifs is 2. The number of nitrogens with one attached hydrogen (secondary N) is 1. The molecule has 3 amide bonds. The summed E-state index contributed by atoms with van der Waals surface area (Å²) in [6.45, 7) is -0.0360. The number of hydrogen-bond acceptors (Lipinski definition) is 6. The van der Waals surface area contributed by atoms with E-state index in [0.717, 1.165) is 24.0 Å². The second-order valence-electron chi connectivity index (χ2n) is 6.70.